The molecule has 0 spiro atoms. The van der Waals surface area contributed by atoms with E-state index in [2.05, 4.69) is 0 Å². The van der Waals surface area contributed by atoms with E-state index in [1.54, 1.807) is 35.0 Å². The maximum atomic E-state index is 13.0. The van der Waals surface area contributed by atoms with Gasteiger partial charge in [0.15, 0.2) is 6.29 Å². The highest BCUT2D eigenvalue weighted by Crippen LogP contribution is 2.03. The fraction of sp³-hybridized carbons (Fsp3) is 0.0625. The minimum Gasteiger partial charge on any atom is -0.297 e. The summed E-state index contributed by atoms with van der Waals surface area (Å²) < 4.78 is 16.2. The van der Waals surface area contributed by atoms with E-state index >= 15 is 0 Å². The minimum absolute atomic E-state index is 0.0841. The molecule has 0 atom stereocenters. The molecule has 2 aromatic heterocycles. The summed E-state index contributed by atoms with van der Waals surface area (Å²) in [6.45, 7) is 0.439. The van der Waals surface area contributed by atoms with Gasteiger partial charge in [-0.25, -0.2) is 13.8 Å². The van der Waals surface area contributed by atoms with Gasteiger partial charge in [0.2, 0.25) is 0 Å². The van der Waals surface area contributed by atoms with Crippen LogP contribution in [0.3, 0.4) is 0 Å². The first-order valence-electron chi connectivity index (χ1n) is 6.42. The number of pyridine rings is 1. The van der Waals surface area contributed by atoms with Crippen LogP contribution in [0, 0.1) is 5.82 Å². The Hall–Kier alpha value is -2.82. The molecule has 104 valence electrons. The lowest BCUT2D eigenvalue weighted by Crippen LogP contribution is -2.41. The monoisotopic (exact) mass is 283 g/mol. The number of fused-ring (bicyclic) bond motifs is 1. The van der Waals surface area contributed by atoms with E-state index in [4.69, 9.17) is 0 Å². The Labute approximate surface area is 119 Å². The van der Waals surface area contributed by atoms with E-state index in [9.17, 15) is 14.0 Å². The zero-order valence-corrected chi connectivity index (χ0v) is 11.1. The van der Waals surface area contributed by atoms with Crippen molar-refractivity contribution in [2.24, 2.45) is 0 Å². The van der Waals surface area contributed by atoms with Crippen LogP contribution < -0.4 is 10.1 Å². The molecule has 1 aromatic carbocycles. The SMILES string of the molecule is O=Cc1c[n+](Cc2ccc(F)cc2)c2ccccn2c1=O. The molecule has 3 aromatic rings. The van der Waals surface area contributed by atoms with E-state index < -0.39 is 0 Å². The minimum atomic E-state index is -0.351. The average molecular weight is 283 g/mol. The average Bonchev–Trinajstić information content (AvgIpc) is 2.52. The predicted molar refractivity (Wildman–Crippen MR) is 74.8 cm³/mol. The van der Waals surface area contributed by atoms with E-state index in [1.165, 1.54) is 22.7 Å². The maximum Gasteiger partial charge on any atom is 0.352 e. The summed E-state index contributed by atoms with van der Waals surface area (Å²) in [4.78, 5) is 23.1. The first-order valence-corrected chi connectivity index (χ1v) is 6.42. The van der Waals surface area contributed by atoms with Crippen molar-refractivity contribution in [3.8, 4) is 0 Å². The van der Waals surface area contributed by atoms with Crippen LogP contribution >= 0.6 is 0 Å². The van der Waals surface area contributed by atoms with Gasteiger partial charge in [-0.05, 0) is 23.8 Å². The summed E-state index contributed by atoms with van der Waals surface area (Å²) in [5.41, 5.74) is 1.27. The molecular formula is C16H12FN2O2+. The third-order valence-electron chi connectivity index (χ3n) is 3.29. The van der Waals surface area contributed by atoms with Gasteiger partial charge >= 0.3 is 5.56 Å². The van der Waals surface area contributed by atoms with Crippen LogP contribution in [0.5, 0.6) is 0 Å². The molecule has 0 N–H and O–H groups in total. The van der Waals surface area contributed by atoms with Gasteiger partial charge in [0, 0.05) is 6.07 Å². The number of aldehydes is 1. The van der Waals surface area contributed by atoms with Crippen LogP contribution in [-0.2, 0) is 6.54 Å². The fourth-order valence-corrected chi connectivity index (χ4v) is 2.26. The number of hydrogen-bond donors (Lipinski definition) is 0. The van der Waals surface area contributed by atoms with Gasteiger partial charge in [-0.3, -0.25) is 4.79 Å². The van der Waals surface area contributed by atoms with Crippen LogP contribution in [0.2, 0.25) is 0 Å². The van der Waals surface area contributed by atoms with Gasteiger partial charge < -0.3 is 0 Å². The molecule has 0 aliphatic carbocycles. The number of carbonyl (C=O) groups excluding carboxylic acids is 1. The Morgan fingerprint density at radius 2 is 1.90 bits per heavy atom. The van der Waals surface area contributed by atoms with Gasteiger partial charge in [0.1, 0.15) is 24.1 Å². The molecule has 0 unspecified atom stereocenters. The van der Waals surface area contributed by atoms with Crippen LogP contribution in [-0.4, -0.2) is 10.7 Å². The summed E-state index contributed by atoms with van der Waals surface area (Å²) in [7, 11) is 0. The van der Waals surface area contributed by atoms with E-state index in [1.807, 2.05) is 6.07 Å². The molecule has 0 bridgehead atoms. The molecule has 0 amide bonds. The Bertz CT molecular complexity index is 870. The van der Waals surface area contributed by atoms with E-state index in [-0.39, 0.29) is 16.9 Å². The van der Waals surface area contributed by atoms with Crippen molar-refractivity contribution >= 4 is 11.9 Å². The van der Waals surface area contributed by atoms with Gasteiger partial charge in [-0.15, -0.1) is 0 Å². The summed E-state index contributed by atoms with van der Waals surface area (Å²) in [5.74, 6) is -0.300. The van der Waals surface area contributed by atoms with Gasteiger partial charge in [0.05, 0.1) is 6.20 Å². The summed E-state index contributed by atoms with van der Waals surface area (Å²) >= 11 is 0. The molecule has 0 aliphatic heterocycles. The second-order valence-corrected chi connectivity index (χ2v) is 4.69. The van der Waals surface area contributed by atoms with Crippen molar-refractivity contribution in [1.82, 2.24) is 4.40 Å². The highest BCUT2D eigenvalue weighted by Gasteiger charge is 2.15. The zero-order chi connectivity index (χ0) is 14.8. The Morgan fingerprint density at radius 3 is 2.62 bits per heavy atom. The lowest BCUT2D eigenvalue weighted by atomic mass is 10.2. The number of carbonyl (C=O) groups is 1. The Kier molecular flexibility index (Phi) is 3.31. The summed E-state index contributed by atoms with van der Waals surface area (Å²) in [6, 6.07) is 11.4. The molecule has 0 saturated carbocycles. The van der Waals surface area contributed by atoms with Crippen molar-refractivity contribution < 1.29 is 13.8 Å². The van der Waals surface area contributed by atoms with Crippen molar-refractivity contribution in [3.05, 3.63) is 82.2 Å². The number of halogens is 1. The molecule has 0 radical (unpaired) electrons. The molecule has 3 rings (SSSR count). The first kappa shape index (κ1) is 13.2. The van der Waals surface area contributed by atoms with Crippen LogP contribution in [0.15, 0.2) is 59.7 Å². The first-order chi connectivity index (χ1) is 10.2. The van der Waals surface area contributed by atoms with Crippen LogP contribution in [0.4, 0.5) is 4.39 Å². The lowest BCUT2D eigenvalue weighted by molar-refractivity contribution is -0.666. The second-order valence-electron chi connectivity index (χ2n) is 4.69. The van der Waals surface area contributed by atoms with E-state index in [0.717, 1.165) is 5.56 Å². The van der Waals surface area contributed by atoms with Gasteiger partial charge in [-0.2, -0.15) is 4.40 Å². The smallest absolute Gasteiger partial charge is 0.297 e. The van der Waals surface area contributed by atoms with E-state index in [0.29, 0.717) is 18.5 Å². The zero-order valence-electron chi connectivity index (χ0n) is 11.1. The third-order valence-corrected chi connectivity index (χ3v) is 3.29. The number of rotatable bonds is 3. The third kappa shape index (κ3) is 2.45. The normalized spacial score (nSPS) is 10.7. The molecule has 5 heteroatoms. The number of aromatic nitrogens is 2. The molecule has 0 aliphatic rings. The summed E-state index contributed by atoms with van der Waals surface area (Å²) in [5, 5.41) is 0. The Balaban J connectivity index is 2.17. The molecule has 4 nitrogen and oxygen atoms in total. The molecule has 0 saturated heterocycles. The second kappa shape index (κ2) is 5.28. The number of nitrogens with zero attached hydrogens (tertiary/aromatic N) is 2. The topological polar surface area (TPSA) is 42.4 Å². The van der Waals surface area contributed by atoms with Crippen LogP contribution in [0.25, 0.3) is 5.65 Å². The van der Waals surface area contributed by atoms with Crippen LogP contribution in [0.1, 0.15) is 15.9 Å². The van der Waals surface area contributed by atoms with Gasteiger partial charge in [-0.1, -0.05) is 18.2 Å². The summed E-state index contributed by atoms with van der Waals surface area (Å²) in [6.07, 6.45) is 3.68. The highest BCUT2D eigenvalue weighted by atomic mass is 19.1. The molecule has 21 heavy (non-hydrogen) atoms. The van der Waals surface area contributed by atoms with Crippen molar-refractivity contribution in [2.45, 2.75) is 6.54 Å². The molecule has 2 heterocycles. The largest absolute Gasteiger partial charge is 0.352 e. The van der Waals surface area contributed by atoms with Crippen molar-refractivity contribution in [2.75, 3.05) is 0 Å². The molecule has 0 fully saturated rings. The number of benzene rings is 1. The maximum absolute atomic E-state index is 13.0. The van der Waals surface area contributed by atoms with Crippen molar-refractivity contribution in [3.63, 3.8) is 0 Å². The fourth-order valence-electron chi connectivity index (χ4n) is 2.26. The highest BCUT2D eigenvalue weighted by molar-refractivity contribution is 5.73. The van der Waals surface area contributed by atoms with Crippen molar-refractivity contribution in [1.29, 1.82) is 0 Å². The number of hydrogen-bond acceptors (Lipinski definition) is 2. The van der Waals surface area contributed by atoms with Gasteiger partial charge in [0.25, 0.3) is 5.65 Å². The lowest BCUT2D eigenvalue weighted by Gasteiger charge is -2.05. The predicted octanol–water partition coefficient (Wildman–Crippen LogP) is 1.59. The quantitative estimate of drug-likeness (QED) is 0.541. The molecular weight excluding hydrogens is 271 g/mol. The standard InChI is InChI=1S/C16H12FN2O2/c17-14-6-4-12(5-7-14)9-18-10-13(11-20)16(21)19-8-2-1-3-15(18)19/h1-8,10-11H,9H2/q+1. The Morgan fingerprint density at radius 1 is 1.14 bits per heavy atom.